The molecule has 0 aromatic carbocycles. The SMILES string of the molecule is Ic1cnn2c1NCCC2. The first-order valence-electron chi connectivity index (χ1n) is 3.33. The third-order valence-corrected chi connectivity index (χ3v) is 2.42. The second-order valence-electron chi connectivity index (χ2n) is 2.34. The molecule has 1 N–H and O–H groups in total. The summed E-state index contributed by atoms with van der Waals surface area (Å²) in [7, 11) is 0. The monoisotopic (exact) mass is 249 g/mol. The minimum absolute atomic E-state index is 1.06. The Morgan fingerprint density at radius 1 is 1.70 bits per heavy atom. The first-order chi connectivity index (χ1) is 4.88. The molecule has 1 aliphatic heterocycles. The van der Waals surface area contributed by atoms with Crippen LogP contribution in [0.3, 0.4) is 0 Å². The van der Waals surface area contributed by atoms with E-state index >= 15 is 0 Å². The second-order valence-corrected chi connectivity index (χ2v) is 3.51. The van der Waals surface area contributed by atoms with Crippen LogP contribution in [-0.2, 0) is 6.54 Å². The Kier molecular flexibility index (Phi) is 1.55. The molecule has 1 aromatic rings. The van der Waals surface area contributed by atoms with Crippen molar-refractivity contribution < 1.29 is 0 Å². The van der Waals surface area contributed by atoms with Gasteiger partial charge < -0.3 is 5.32 Å². The number of hydrogen-bond acceptors (Lipinski definition) is 2. The summed E-state index contributed by atoms with van der Waals surface area (Å²) >= 11 is 2.29. The Morgan fingerprint density at radius 3 is 3.40 bits per heavy atom. The summed E-state index contributed by atoms with van der Waals surface area (Å²) in [5, 5.41) is 7.51. The number of nitrogens with one attached hydrogen (secondary N) is 1. The predicted molar refractivity (Wildman–Crippen MR) is 48.1 cm³/mol. The molecule has 0 radical (unpaired) electrons. The van der Waals surface area contributed by atoms with Gasteiger partial charge in [-0.3, -0.25) is 0 Å². The van der Waals surface area contributed by atoms with E-state index in [1.165, 1.54) is 15.8 Å². The Morgan fingerprint density at radius 2 is 2.60 bits per heavy atom. The zero-order chi connectivity index (χ0) is 6.97. The fraction of sp³-hybridized carbons (Fsp3) is 0.500. The van der Waals surface area contributed by atoms with Gasteiger partial charge in [0.05, 0.1) is 9.77 Å². The van der Waals surface area contributed by atoms with Gasteiger partial charge in [0.1, 0.15) is 5.82 Å². The normalized spacial score (nSPS) is 16.1. The summed E-state index contributed by atoms with van der Waals surface area (Å²) in [6, 6.07) is 0. The van der Waals surface area contributed by atoms with Gasteiger partial charge in [-0.1, -0.05) is 0 Å². The van der Waals surface area contributed by atoms with E-state index in [4.69, 9.17) is 0 Å². The molecular weight excluding hydrogens is 241 g/mol. The van der Waals surface area contributed by atoms with Crippen LogP contribution < -0.4 is 5.32 Å². The molecule has 0 unspecified atom stereocenters. The number of nitrogens with zero attached hydrogens (tertiary/aromatic N) is 2. The molecule has 3 nitrogen and oxygen atoms in total. The van der Waals surface area contributed by atoms with Crippen LogP contribution in [0.25, 0.3) is 0 Å². The van der Waals surface area contributed by atoms with E-state index < -0.39 is 0 Å². The molecule has 0 saturated heterocycles. The Bertz CT molecular complexity index is 243. The van der Waals surface area contributed by atoms with E-state index in [0.29, 0.717) is 0 Å². The van der Waals surface area contributed by atoms with Crippen LogP contribution in [0.15, 0.2) is 6.20 Å². The average Bonchev–Trinajstić information content (AvgIpc) is 2.34. The smallest absolute Gasteiger partial charge is 0.137 e. The summed E-state index contributed by atoms with van der Waals surface area (Å²) in [6.45, 7) is 2.15. The summed E-state index contributed by atoms with van der Waals surface area (Å²) in [4.78, 5) is 0. The molecule has 0 atom stereocenters. The Hall–Kier alpha value is -0.260. The molecule has 0 aliphatic carbocycles. The van der Waals surface area contributed by atoms with Crippen LogP contribution in [0.2, 0.25) is 0 Å². The van der Waals surface area contributed by atoms with Crippen LogP contribution in [0, 0.1) is 3.57 Å². The molecule has 0 bridgehead atoms. The molecule has 4 heteroatoms. The molecule has 2 rings (SSSR count). The average molecular weight is 249 g/mol. The lowest BCUT2D eigenvalue weighted by Crippen LogP contribution is -2.17. The lowest BCUT2D eigenvalue weighted by molar-refractivity contribution is 0.567. The maximum absolute atomic E-state index is 4.20. The molecule has 54 valence electrons. The van der Waals surface area contributed by atoms with Gasteiger partial charge in [-0.2, -0.15) is 5.10 Å². The zero-order valence-electron chi connectivity index (χ0n) is 5.47. The quantitative estimate of drug-likeness (QED) is 0.702. The number of aromatic nitrogens is 2. The topological polar surface area (TPSA) is 29.9 Å². The van der Waals surface area contributed by atoms with Crippen molar-refractivity contribution >= 4 is 28.4 Å². The maximum atomic E-state index is 4.20. The van der Waals surface area contributed by atoms with Gasteiger partial charge in [-0.25, -0.2) is 4.68 Å². The molecule has 0 fully saturated rings. The third kappa shape index (κ3) is 0.902. The highest BCUT2D eigenvalue weighted by Crippen LogP contribution is 2.19. The highest BCUT2D eigenvalue weighted by Gasteiger charge is 2.10. The fourth-order valence-corrected chi connectivity index (χ4v) is 1.74. The molecule has 10 heavy (non-hydrogen) atoms. The Labute approximate surface area is 72.9 Å². The van der Waals surface area contributed by atoms with E-state index in [-0.39, 0.29) is 0 Å². The van der Waals surface area contributed by atoms with Crippen molar-refractivity contribution in [1.82, 2.24) is 9.78 Å². The standard InChI is InChI=1S/C6H8IN3/c7-5-4-9-10-3-1-2-8-6(5)10/h4,8H,1-3H2. The predicted octanol–water partition coefficient (Wildman–Crippen LogP) is 1.30. The number of hydrogen-bond donors (Lipinski definition) is 1. The van der Waals surface area contributed by atoms with Crippen LogP contribution in [-0.4, -0.2) is 16.3 Å². The van der Waals surface area contributed by atoms with Gasteiger partial charge in [0.2, 0.25) is 0 Å². The van der Waals surface area contributed by atoms with Crippen molar-refractivity contribution in [1.29, 1.82) is 0 Å². The molecule has 0 amide bonds. The lowest BCUT2D eigenvalue weighted by atomic mass is 10.3. The Balaban J connectivity index is 2.45. The van der Waals surface area contributed by atoms with E-state index in [0.717, 1.165) is 13.1 Å². The minimum Gasteiger partial charge on any atom is -0.369 e. The molecule has 0 saturated carbocycles. The van der Waals surface area contributed by atoms with Crippen LogP contribution >= 0.6 is 22.6 Å². The minimum atomic E-state index is 1.06. The molecular formula is C6H8IN3. The second kappa shape index (κ2) is 2.41. The van der Waals surface area contributed by atoms with Crippen LogP contribution in [0.5, 0.6) is 0 Å². The first-order valence-corrected chi connectivity index (χ1v) is 4.41. The van der Waals surface area contributed by atoms with Crippen LogP contribution in [0.1, 0.15) is 6.42 Å². The van der Waals surface area contributed by atoms with E-state index in [1.54, 1.807) is 0 Å². The van der Waals surface area contributed by atoms with Crippen molar-refractivity contribution in [2.45, 2.75) is 13.0 Å². The highest BCUT2D eigenvalue weighted by molar-refractivity contribution is 14.1. The summed E-state index contributed by atoms with van der Waals surface area (Å²) < 4.78 is 3.24. The number of rotatable bonds is 0. The number of fused-ring (bicyclic) bond motifs is 1. The number of anilines is 1. The van der Waals surface area contributed by atoms with E-state index in [2.05, 4.69) is 33.0 Å². The summed E-state index contributed by atoms with van der Waals surface area (Å²) in [6.07, 6.45) is 3.08. The van der Waals surface area contributed by atoms with E-state index in [1.807, 2.05) is 10.9 Å². The molecule has 2 heterocycles. The van der Waals surface area contributed by atoms with Crippen molar-refractivity contribution in [3.63, 3.8) is 0 Å². The van der Waals surface area contributed by atoms with Gasteiger partial charge >= 0.3 is 0 Å². The number of aryl methyl sites for hydroxylation is 1. The van der Waals surface area contributed by atoms with Gasteiger partial charge in [-0.15, -0.1) is 0 Å². The number of halogens is 1. The van der Waals surface area contributed by atoms with Crippen molar-refractivity contribution in [3.05, 3.63) is 9.77 Å². The van der Waals surface area contributed by atoms with Gasteiger partial charge in [-0.05, 0) is 29.0 Å². The summed E-state index contributed by atoms with van der Waals surface area (Å²) in [5.41, 5.74) is 0. The maximum Gasteiger partial charge on any atom is 0.137 e. The van der Waals surface area contributed by atoms with Crippen molar-refractivity contribution in [3.8, 4) is 0 Å². The fourth-order valence-electron chi connectivity index (χ4n) is 1.14. The van der Waals surface area contributed by atoms with Gasteiger partial charge in [0, 0.05) is 13.1 Å². The van der Waals surface area contributed by atoms with E-state index in [9.17, 15) is 0 Å². The van der Waals surface area contributed by atoms with Crippen molar-refractivity contribution in [2.75, 3.05) is 11.9 Å². The van der Waals surface area contributed by atoms with Gasteiger partial charge in [0.25, 0.3) is 0 Å². The van der Waals surface area contributed by atoms with Gasteiger partial charge in [0.15, 0.2) is 0 Å². The molecule has 0 spiro atoms. The highest BCUT2D eigenvalue weighted by atomic mass is 127. The zero-order valence-corrected chi connectivity index (χ0v) is 7.63. The lowest BCUT2D eigenvalue weighted by Gasteiger charge is -2.15. The molecule has 1 aliphatic rings. The van der Waals surface area contributed by atoms with Crippen molar-refractivity contribution in [2.24, 2.45) is 0 Å². The molecule has 1 aromatic heterocycles. The first kappa shape index (κ1) is 6.45. The third-order valence-electron chi connectivity index (χ3n) is 1.63. The largest absolute Gasteiger partial charge is 0.369 e. The van der Waals surface area contributed by atoms with Crippen LogP contribution in [0.4, 0.5) is 5.82 Å². The summed E-state index contributed by atoms with van der Waals surface area (Å²) in [5.74, 6) is 1.19.